The van der Waals surface area contributed by atoms with Gasteiger partial charge in [0.05, 0.1) is 6.10 Å². The van der Waals surface area contributed by atoms with E-state index in [1.54, 1.807) is 0 Å². The van der Waals surface area contributed by atoms with Crippen LogP contribution >= 0.6 is 0 Å². The number of carbonyl (C=O) groups is 1. The van der Waals surface area contributed by atoms with Crippen molar-refractivity contribution in [2.45, 2.75) is 104 Å². The summed E-state index contributed by atoms with van der Waals surface area (Å²) in [4.78, 5) is 11.4. The Morgan fingerprint density at radius 3 is 2.17 bits per heavy atom. The number of benzene rings is 3. The van der Waals surface area contributed by atoms with Crippen LogP contribution in [0.4, 0.5) is 0 Å². The Labute approximate surface area is 248 Å². The van der Waals surface area contributed by atoms with Crippen LogP contribution in [-0.2, 0) is 19.4 Å². The molecular weight excluding hydrogens is 524 g/mol. The van der Waals surface area contributed by atoms with Crippen molar-refractivity contribution in [2.24, 2.45) is 0 Å². The summed E-state index contributed by atoms with van der Waals surface area (Å²) in [5, 5.41) is 0. The van der Waals surface area contributed by atoms with Crippen molar-refractivity contribution in [2.75, 3.05) is 6.61 Å². The van der Waals surface area contributed by atoms with Crippen LogP contribution in [0.2, 0.25) is 19.6 Å². The van der Waals surface area contributed by atoms with Crippen molar-refractivity contribution in [1.29, 1.82) is 0 Å². The predicted octanol–water partition coefficient (Wildman–Crippen LogP) is 9.46. The van der Waals surface area contributed by atoms with E-state index in [4.69, 9.17) is 13.9 Å². The van der Waals surface area contributed by atoms with Gasteiger partial charge in [0, 0.05) is 11.8 Å². The maximum Gasteiger partial charge on any atom is 0.306 e. The van der Waals surface area contributed by atoms with Crippen LogP contribution in [0.15, 0.2) is 60.7 Å². The zero-order valence-electron chi connectivity index (χ0n) is 26.3. The highest BCUT2D eigenvalue weighted by Crippen LogP contribution is 2.42. The normalized spacial score (nSPS) is 16.5. The fourth-order valence-electron chi connectivity index (χ4n) is 6.23. The highest BCUT2D eigenvalue weighted by atomic mass is 28.4. The van der Waals surface area contributed by atoms with Gasteiger partial charge in [-0.1, -0.05) is 69.3 Å². The van der Waals surface area contributed by atoms with Gasteiger partial charge in [-0.15, -0.1) is 0 Å². The third-order valence-corrected chi connectivity index (χ3v) is 9.53. The molecule has 0 bridgehead atoms. The van der Waals surface area contributed by atoms with Crippen LogP contribution in [0.1, 0.15) is 86.8 Å². The molecule has 0 amide bonds. The van der Waals surface area contributed by atoms with Crippen molar-refractivity contribution in [3.05, 3.63) is 88.5 Å². The fraction of sp³-hybridized carbons (Fsp3) is 0.472. The monoisotopic (exact) mass is 572 g/mol. The Hall–Kier alpha value is -2.89. The van der Waals surface area contributed by atoms with Crippen molar-refractivity contribution in [3.8, 4) is 16.9 Å². The molecule has 1 heterocycles. The van der Waals surface area contributed by atoms with E-state index in [9.17, 15) is 4.79 Å². The minimum Gasteiger partial charge on any atom is -0.489 e. The molecule has 3 aromatic carbocycles. The van der Waals surface area contributed by atoms with Crippen molar-refractivity contribution < 1.29 is 18.7 Å². The number of rotatable bonds is 12. The predicted molar refractivity (Wildman–Crippen MR) is 171 cm³/mol. The molecule has 5 heteroatoms. The van der Waals surface area contributed by atoms with Crippen LogP contribution in [0.3, 0.4) is 0 Å². The molecule has 1 unspecified atom stereocenters. The SMILES string of the molecule is CCC(O[Si](C)(C)C)c1cccc(-c2ccc(C(CC)(CC)c3ccc(OC[C@H]4CCC(=O)O4)c(C)c3)cc2C)c1. The number of esters is 1. The lowest BCUT2D eigenvalue weighted by molar-refractivity contribution is -0.142. The highest BCUT2D eigenvalue weighted by molar-refractivity contribution is 6.69. The smallest absolute Gasteiger partial charge is 0.306 e. The summed E-state index contributed by atoms with van der Waals surface area (Å²) in [5.74, 6) is 0.726. The van der Waals surface area contributed by atoms with E-state index in [1.165, 1.54) is 33.4 Å². The summed E-state index contributed by atoms with van der Waals surface area (Å²) < 4.78 is 17.9. The Bertz CT molecular complexity index is 1350. The molecule has 3 aromatic rings. The molecule has 41 heavy (non-hydrogen) atoms. The zero-order valence-corrected chi connectivity index (χ0v) is 27.3. The molecule has 0 N–H and O–H groups in total. The maximum atomic E-state index is 11.4. The Morgan fingerprint density at radius 1 is 0.927 bits per heavy atom. The van der Waals surface area contributed by atoms with Gasteiger partial charge in [0.2, 0.25) is 0 Å². The van der Waals surface area contributed by atoms with Crippen molar-refractivity contribution in [3.63, 3.8) is 0 Å². The Morgan fingerprint density at radius 2 is 1.61 bits per heavy atom. The van der Waals surface area contributed by atoms with Crippen LogP contribution in [-0.4, -0.2) is 27.0 Å². The van der Waals surface area contributed by atoms with Gasteiger partial charge in [-0.05, 0) is 110 Å². The largest absolute Gasteiger partial charge is 0.489 e. The molecule has 0 aromatic heterocycles. The van der Waals surface area contributed by atoms with Gasteiger partial charge in [-0.2, -0.15) is 0 Å². The van der Waals surface area contributed by atoms with Gasteiger partial charge >= 0.3 is 5.97 Å². The van der Waals surface area contributed by atoms with Gasteiger partial charge in [0.1, 0.15) is 18.5 Å². The minimum absolute atomic E-state index is 0.0894. The average molecular weight is 573 g/mol. The molecule has 1 saturated heterocycles. The van der Waals surface area contributed by atoms with Crippen molar-refractivity contribution in [1.82, 2.24) is 0 Å². The summed E-state index contributed by atoms with van der Waals surface area (Å²) in [7, 11) is -1.65. The van der Waals surface area contributed by atoms with Gasteiger partial charge in [-0.3, -0.25) is 4.79 Å². The molecule has 1 aliphatic rings. The first-order valence-corrected chi connectivity index (χ1v) is 18.7. The molecule has 4 rings (SSSR count). The number of carbonyl (C=O) groups excluding carboxylic acids is 1. The third-order valence-electron chi connectivity index (χ3n) is 8.54. The van der Waals surface area contributed by atoms with E-state index in [-0.39, 0.29) is 23.6 Å². The summed E-state index contributed by atoms with van der Waals surface area (Å²) in [5.41, 5.74) is 8.73. The molecule has 4 nitrogen and oxygen atoms in total. The summed E-state index contributed by atoms with van der Waals surface area (Å²) in [6.07, 6.45) is 4.18. The Balaban J connectivity index is 1.60. The number of hydrogen-bond acceptors (Lipinski definition) is 4. The second-order valence-electron chi connectivity index (χ2n) is 12.5. The molecule has 1 aliphatic heterocycles. The van der Waals surface area contributed by atoms with Crippen LogP contribution < -0.4 is 4.74 Å². The van der Waals surface area contributed by atoms with E-state index in [2.05, 4.69) is 115 Å². The Kier molecular flexibility index (Phi) is 9.81. The number of ether oxygens (including phenoxy) is 2. The molecule has 0 aliphatic carbocycles. The quantitative estimate of drug-likeness (QED) is 0.160. The lowest BCUT2D eigenvalue weighted by atomic mass is 9.69. The van der Waals surface area contributed by atoms with Crippen molar-refractivity contribution >= 4 is 14.3 Å². The number of cyclic esters (lactones) is 1. The second-order valence-corrected chi connectivity index (χ2v) is 17.0. The van der Waals surface area contributed by atoms with Gasteiger partial charge < -0.3 is 13.9 Å². The van der Waals surface area contributed by atoms with Crippen LogP contribution in [0.5, 0.6) is 5.75 Å². The van der Waals surface area contributed by atoms with Gasteiger partial charge in [0.25, 0.3) is 0 Å². The van der Waals surface area contributed by atoms with Gasteiger partial charge in [0.15, 0.2) is 8.32 Å². The van der Waals surface area contributed by atoms with E-state index in [0.29, 0.717) is 13.0 Å². The lowest BCUT2D eigenvalue weighted by Gasteiger charge is -2.34. The minimum atomic E-state index is -1.65. The average Bonchev–Trinajstić information content (AvgIpc) is 3.36. The summed E-state index contributed by atoms with van der Waals surface area (Å²) in [6.45, 7) is 18.3. The first-order chi connectivity index (χ1) is 19.5. The molecule has 0 radical (unpaired) electrons. The first kappa shape index (κ1) is 31.1. The lowest BCUT2D eigenvalue weighted by Crippen LogP contribution is -2.27. The van der Waals surface area contributed by atoms with E-state index in [0.717, 1.165) is 37.0 Å². The third kappa shape index (κ3) is 7.13. The summed E-state index contributed by atoms with van der Waals surface area (Å²) in [6, 6.07) is 22.5. The van der Waals surface area contributed by atoms with E-state index in [1.807, 2.05) is 0 Å². The second kappa shape index (κ2) is 13.0. The molecule has 2 atom stereocenters. The van der Waals surface area contributed by atoms with Crippen LogP contribution in [0.25, 0.3) is 11.1 Å². The van der Waals surface area contributed by atoms with Crippen LogP contribution in [0, 0.1) is 13.8 Å². The standard InChI is InChI=1S/C36H48O4Si/c1-9-33(40-41(6,7)8)28-14-12-13-27(23-28)32-18-15-29(21-25(32)4)36(10-2,11-3)30-16-19-34(26(5)22-30)38-24-31-17-20-35(37)39-31/h12-16,18-19,21-23,31,33H,9-11,17,20,24H2,1-8H3/t31-,33?/m1/s1. The molecule has 1 fully saturated rings. The van der Waals surface area contributed by atoms with Gasteiger partial charge in [-0.25, -0.2) is 0 Å². The topological polar surface area (TPSA) is 44.8 Å². The summed E-state index contributed by atoms with van der Waals surface area (Å²) >= 11 is 0. The van der Waals surface area contributed by atoms with E-state index < -0.39 is 8.32 Å². The molecule has 220 valence electrons. The fourth-order valence-corrected chi connectivity index (χ4v) is 7.39. The molecular formula is C36H48O4Si. The zero-order chi connectivity index (χ0) is 29.8. The number of hydrogen-bond donors (Lipinski definition) is 0. The molecule has 0 spiro atoms. The maximum absolute atomic E-state index is 11.4. The molecule has 0 saturated carbocycles. The highest BCUT2D eigenvalue weighted by Gasteiger charge is 2.32. The first-order valence-electron chi connectivity index (χ1n) is 15.3. The number of aryl methyl sites for hydroxylation is 2. The van der Waals surface area contributed by atoms with E-state index >= 15 is 0 Å².